The predicted octanol–water partition coefficient (Wildman–Crippen LogP) is 5.74. The van der Waals surface area contributed by atoms with E-state index in [0.29, 0.717) is 38.3 Å². The standard InChI is InChI=1S/C32H40N2O5S/c1-6-7-20-39-30-15-13-26(24(3)25(30)4)22-40(36,37)27-14-12-23(2)28(21-27)32(35)34-18-16-33(17-19-34)29-10-8-9-11-31(29)38-5/h8-15,21H,6-7,16-20,22H2,1-5H3. The van der Waals surface area contributed by atoms with E-state index in [1.165, 1.54) is 0 Å². The molecule has 0 N–H and O–H groups in total. The summed E-state index contributed by atoms with van der Waals surface area (Å²) >= 11 is 0. The zero-order valence-electron chi connectivity index (χ0n) is 24.2. The number of sulfone groups is 1. The van der Waals surface area contributed by atoms with Gasteiger partial charge in [0.2, 0.25) is 0 Å². The number of benzene rings is 3. The van der Waals surface area contributed by atoms with Gasteiger partial charge >= 0.3 is 0 Å². The smallest absolute Gasteiger partial charge is 0.254 e. The van der Waals surface area contributed by atoms with Crippen molar-refractivity contribution in [2.45, 2.75) is 51.2 Å². The highest BCUT2D eigenvalue weighted by Crippen LogP contribution is 2.30. The number of ether oxygens (including phenoxy) is 2. The second-order valence-corrected chi connectivity index (χ2v) is 12.4. The van der Waals surface area contributed by atoms with Crippen LogP contribution in [0.5, 0.6) is 11.5 Å². The van der Waals surface area contributed by atoms with Gasteiger partial charge in [0, 0.05) is 31.7 Å². The number of aryl methyl sites for hydroxylation is 1. The van der Waals surface area contributed by atoms with Gasteiger partial charge in [0.25, 0.3) is 5.91 Å². The fraction of sp³-hybridized carbons (Fsp3) is 0.406. The summed E-state index contributed by atoms with van der Waals surface area (Å²) in [7, 11) is -2.02. The van der Waals surface area contributed by atoms with E-state index in [1.807, 2.05) is 57.2 Å². The van der Waals surface area contributed by atoms with E-state index in [9.17, 15) is 13.2 Å². The molecular formula is C32H40N2O5S. The van der Waals surface area contributed by atoms with Crippen LogP contribution in [-0.2, 0) is 15.6 Å². The van der Waals surface area contributed by atoms with E-state index in [2.05, 4.69) is 11.8 Å². The number of carbonyl (C=O) groups excluding carboxylic acids is 1. The first-order chi connectivity index (χ1) is 19.2. The molecule has 7 nitrogen and oxygen atoms in total. The van der Waals surface area contributed by atoms with Crippen molar-refractivity contribution >= 4 is 21.4 Å². The number of para-hydroxylation sites is 2. The van der Waals surface area contributed by atoms with E-state index in [4.69, 9.17) is 9.47 Å². The Morgan fingerprint density at radius 2 is 1.62 bits per heavy atom. The lowest BCUT2D eigenvalue weighted by molar-refractivity contribution is 0.0745. The first-order valence-corrected chi connectivity index (χ1v) is 15.5. The lowest BCUT2D eigenvalue weighted by Crippen LogP contribution is -2.49. The minimum Gasteiger partial charge on any atom is -0.495 e. The average Bonchev–Trinajstić information content (AvgIpc) is 2.96. The zero-order valence-corrected chi connectivity index (χ0v) is 25.0. The van der Waals surface area contributed by atoms with Gasteiger partial charge < -0.3 is 19.3 Å². The number of nitrogens with zero attached hydrogens (tertiary/aromatic N) is 2. The first-order valence-electron chi connectivity index (χ1n) is 13.9. The lowest BCUT2D eigenvalue weighted by atomic mass is 10.0. The average molecular weight is 565 g/mol. The molecule has 0 spiro atoms. The van der Waals surface area contributed by atoms with Gasteiger partial charge in [-0.1, -0.05) is 37.6 Å². The molecule has 1 saturated heterocycles. The summed E-state index contributed by atoms with van der Waals surface area (Å²) < 4.78 is 38.4. The van der Waals surface area contributed by atoms with E-state index in [-0.39, 0.29) is 16.6 Å². The highest BCUT2D eigenvalue weighted by atomic mass is 32.2. The molecule has 0 radical (unpaired) electrons. The van der Waals surface area contributed by atoms with Crippen LogP contribution in [-0.4, -0.2) is 59.1 Å². The predicted molar refractivity (Wildman–Crippen MR) is 159 cm³/mol. The molecule has 1 amide bonds. The zero-order chi connectivity index (χ0) is 28.9. The Labute approximate surface area is 238 Å². The van der Waals surface area contributed by atoms with Crippen molar-refractivity contribution in [2.75, 3.05) is 44.8 Å². The van der Waals surface area contributed by atoms with Crippen molar-refractivity contribution in [3.63, 3.8) is 0 Å². The minimum absolute atomic E-state index is 0.136. The number of methoxy groups -OCH3 is 1. The molecule has 1 fully saturated rings. The van der Waals surface area contributed by atoms with E-state index in [0.717, 1.165) is 52.3 Å². The second-order valence-electron chi connectivity index (χ2n) is 10.4. The lowest BCUT2D eigenvalue weighted by Gasteiger charge is -2.36. The molecule has 3 aromatic carbocycles. The third kappa shape index (κ3) is 6.44. The quantitative estimate of drug-likeness (QED) is 0.293. The summed E-state index contributed by atoms with van der Waals surface area (Å²) in [6.45, 7) is 10.9. The Hall–Kier alpha value is -3.52. The van der Waals surface area contributed by atoms with Crippen LogP contribution in [0.4, 0.5) is 5.69 Å². The van der Waals surface area contributed by atoms with Gasteiger partial charge in [-0.3, -0.25) is 4.79 Å². The Balaban J connectivity index is 1.49. The van der Waals surface area contributed by atoms with Crippen LogP contribution < -0.4 is 14.4 Å². The Morgan fingerprint density at radius 3 is 2.33 bits per heavy atom. The van der Waals surface area contributed by atoms with E-state index >= 15 is 0 Å². The fourth-order valence-electron chi connectivity index (χ4n) is 5.02. The number of piperazine rings is 1. The van der Waals surface area contributed by atoms with Crippen molar-refractivity contribution in [3.05, 3.63) is 82.4 Å². The molecule has 0 saturated carbocycles. The van der Waals surface area contributed by atoms with Gasteiger partial charge in [-0.2, -0.15) is 0 Å². The molecule has 4 rings (SSSR count). The maximum atomic E-state index is 13.5. The SMILES string of the molecule is CCCCOc1ccc(CS(=O)(=O)c2ccc(C)c(C(=O)N3CCN(c4ccccc4OC)CC3)c2)c(C)c1C. The molecule has 0 unspecified atom stereocenters. The highest BCUT2D eigenvalue weighted by molar-refractivity contribution is 7.90. The third-order valence-corrected chi connectivity index (χ3v) is 9.41. The molecule has 3 aromatic rings. The van der Waals surface area contributed by atoms with Crippen molar-refractivity contribution in [1.82, 2.24) is 4.90 Å². The molecule has 1 heterocycles. The van der Waals surface area contributed by atoms with Crippen LogP contribution in [0.25, 0.3) is 0 Å². The molecule has 1 aliphatic heterocycles. The van der Waals surface area contributed by atoms with Crippen LogP contribution >= 0.6 is 0 Å². The summed E-state index contributed by atoms with van der Waals surface area (Å²) in [6.07, 6.45) is 2.02. The number of rotatable bonds is 10. The molecule has 0 bridgehead atoms. The van der Waals surface area contributed by atoms with Gasteiger partial charge in [0.15, 0.2) is 9.84 Å². The normalized spacial score (nSPS) is 13.8. The second kappa shape index (κ2) is 12.8. The Bertz CT molecular complexity index is 1460. The fourth-order valence-corrected chi connectivity index (χ4v) is 6.48. The monoisotopic (exact) mass is 564 g/mol. The van der Waals surface area contributed by atoms with Gasteiger partial charge in [-0.25, -0.2) is 8.42 Å². The van der Waals surface area contributed by atoms with Crippen LogP contribution in [0, 0.1) is 20.8 Å². The van der Waals surface area contributed by atoms with Crippen molar-refractivity contribution in [3.8, 4) is 11.5 Å². The summed E-state index contributed by atoms with van der Waals surface area (Å²) in [5.74, 6) is 1.32. The minimum atomic E-state index is -3.68. The van der Waals surface area contributed by atoms with Crippen molar-refractivity contribution in [2.24, 2.45) is 0 Å². The molecule has 0 atom stereocenters. The van der Waals surface area contributed by atoms with Gasteiger partial charge in [0.1, 0.15) is 11.5 Å². The van der Waals surface area contributed by atoms with Gasteiger partial charge in [0.05, 0.1) is 30.1 Å². The maximum Gasteiger partial charge on any atom is 0.254 e. The first kappa shape index (κ1) is 29.5. The number of anilines is 1. The molecule has 0 aromatic heterocycles. The largest absolute Gasteiger partial charge is 0.495 e. The number of carbonyl (C=O) groups is 1. The summed E-state index contributed by atoms with van der Waals surface area (Å²) in [5.41, 5.74) is 4.80. The molecule has 1 aliphatic rings. The number of hydrogen-bond donors (Lipinski definition) is 0. The van der Waals surface area contributed by atoms with Crippen LogP contribution in [0.2, 0.25) is 0 Å². The summed E-state index contributed by atoms with van der Waals surface area (Å²) in [5, 5.41) is 0. The van der Waals surface area contributed by atoms with Crippen LogP contribution in [0.3, 0.4) is 0 Å². The van der Waals surface area contributed by atoms with Gasteiger partial charge in [-0.05, 0) is 79.8 Å². The third-order valence-electron chi connectivity index (χ3n) is 7.74. The Kier molecular flexibility index (Phi) is 9.40. The number of unbranched alkanes of at least 4 members (excludes halogenated alkanes) is 1. The van der Waals surface area contributed by atoms with Crippen LogP contribution in [0.1, 0.15) is 52.4 Å². The van der Waals surface area contributed by atoms with Gasteiger partial charge in [-0.15, -0.1) is 0 Å². The Morgan fingerprint density at radius 1 is 0.900 bits per heavy atom. The summed E-state index contributed by atoms with van der Waals surface area (Å²) in [6, 6.07) is 16.4. The van der Waals surface area contributed by atoms with Crippen molar-refractivity contribution in [1.29, 1.82) is 0 Å². The number of amides is 1. The molecule has 0 aliphatic carbocycles. The maximum absolute atomic E-state index is 13.5. The number of hydrogen-bond acceptors (Lipinski definition) is 6. The van der Waals surface area contributed by atoms with Crippen molar-refractivity contribution < 1.29 is 22.7 Å². The molecule has 40 heavy (non-hydrogen) atoms. The topological polar surface area (TPSA) is 76.2 Å². The molecule has 8 heteroatoms. The van der Waals surface area contributed by atoms with Crippen LogP contribution in [0.15, 0.2) is 59.5 Å². The molecule has 214 valence electrons. The highest BCUT2D eigenvalue weighted by Gasteiger charge is 2.26. The van der Waals surface area contributed by atoms with E-state index < -0.39 is 9.84 Å². The summed E-state index contributed by atoms with van der Waals surface area (Å²) in [4.78, 5) is 17.7. The van der Waals surface area contributed by atoms with E-state index in [1.54, 1.807) is 30.2 Å². The molecular weight excluding hydrogens is 524 g/mol.